The minimum Gasteiger partial charge on any atom is -0.351 e. The van der Waals surface area contributed by atoms with Crippen molar-refractivity contribution in [2.24, 2.45) is 0 Å². The molecule has 3 rings (SSSR count). The van der Waals surface area contributed by atoms with E-state index < -0.39 is 15.6 Å². The summed E-state index contributed by atoms with van der Waals surface area (Å²) in [5, 5.41) is 3.14. The van der Waals surface area contributed by atoms with Crippen LogP contribution in [0.4, 0.5) is 5.69 Å². The molecule has 0 radical (unpaired) electrons. The summed E-state index contributed by atoms with van der Waals surface area (Å²) >= 11 is 0. The molecule has 0 bridgehead atoms. The number of rotatable bonds is 5. The molecule has 1 aliphatic carbocycles. The molecule has 2 fully saturated rings. The van der Waals surface area contributed by atoms with Crippen LogP contribution in [0.3, 0.4) is 0 Å². The van der Waals surface area contributed by atoms with Gasteiger partial charge in [-0.3, -0.25) is 14.5 Å². The van der Waals surface area contributed by atoms with Gasteiger partial charge in [-0.25, -0.2) is 8.42 Å². The first-order chi connectivity index (χ1) is 14.2. The average Bonchev–Trinajstić information content (AvgIpc) is 2.97. The molecule has 1 aliphatic heterocycles. The number of carbonyl (C=O) groups excluding carboxylic acids is 2. The summed E-state index contributed by atoms with van der Waals surface area (Å²) in [7, 11) is -3.61. The molecule has 30 heavy (non-hydrogen) atoms. The Morgan fingerprint density at radius 1 is 1.17 bits per heavy atom. The van der Waals surface area contributed by atoms with E-state index in [1.165, 1.54) is 17.7 Å². The molecule has 1 saturated heterocycles. The van der Waals surface area contributed by atoms with Crippen LogP contribution >= 0.6 is 0 Å². The van der Waals surface area contributed by atoms with Crippen molar-refractivity contribution in [2.75, 3.05) is 23.7 Å². The Morgan fingerprint density at radius 2 is 1.80 bits per heavy atom. The summed E-state index contributed by atoms with van der Waals surface area (Å²) in [5.74, 6) is -0.779. The van der Waals surface area contributed by atoms with Gasteiger partial charge in [-0.1, -0.05) is 43.9 Å². The summed E-state index contributed by atoms with van der Waals surface area (Å²) in [6, 6.07) is 7.47. The van der Waals surface area contributed by atoms with Crippen LogP contribution in [0.25, 0.3) is 0 Å². The topological polar surface area (TPSA) is 86.8 Å². The number of nitrogens with one attached hydrogen (secondary N) is 1. The number of carbonyl (C=O) groups is 2. The fourth-order valence-electron chi connectivity index (χ4n) is 4.50. The number of para-hydroxylation sites is 1. The summed E-state index contributed by atoms with van der Waals surface area (Å²) < 4.78 is 26.3. The van der Waals surface area contributed by atoms with Crippen molar-refractivity contribution < 1.29 is 18.0 Å². The minimum atomic E-state index is -3.61. The molecule has 0 spiro atoms. The maximum Gasteiger partial charge on any atom is 0.247 e. The van der Waals surface area contributed by atoms with Crippen LogP contribution in [0.15, 0.2) is 24.3 Å². The number of amides is 2. The first kappa shape index (κ1) is 22.7. The lowest BCUT2D eigenvalue weighted by atomic mass is 9.92. The lowest BCUT2D eigenvalue weighted by Crippen LogP contribution is -2.71. The van der Waals surface area contributed by atoms with Gasteiger partial charge < -0.3 is 5.32 Å². The summed E-state index contributed by atoms with van der Waals surface area (Å²) in [4.78, 5) is 28.3. The largest absolute Gasteiger partial charge is 0.351 e. The van der Waals surface area contributed by atoms with E-state index in [0.29, 0.717) is 5.69 Å². The number of hydrogen-bond acceptors (Lipinski definition) is 4. The van der Waals surface area contributed by atoms with E-state index in [0.717, 1.165) is 35.6 Å². The molecule has 166 valence electrons. The smallest absolute Gasteiger partial charge is 0.247 e. The lowest BCUT2D eigenvalue weighted by Gasteiger charge is -2.47. The zero-order chi connectivity index (χ0) is 21.9. The molecule has 1 saturated carbocycles. The Kier molecular flexibility index (Phi) is 6.87. The van der Waals surface area contributed by atoms with E-state index in [9.17, 15) is 18.0 Å². The number of anilines is 1. The molecule has 8 heteroatoms. The van der Waals surface area contributed by atoms with Crippen molar-refractivity contribution in [1.82, 2.24) is 9.62 Å². The summed E-state index contributed by atoms with van der Waals surface area (Å²) in [5.41, 5.74) is 0.191. The van der Waals surface area contributed by atoms with Gasteiger partial charge in [-0.15, -0.1) is 0 Å². The summed E-state index contributed by atoms with van der Waals surface area (Å²) in [6.07, 6.45) is 6.30. The van der Waals surface area contributed by atoms with E-state index in [-0.39, 0.29) is 36.7 Å². The second-order valence-corrected chi connectivity index (χ2v) is 10.9. The van der Waals surface area contributed by atoms with Crippen LogP contribution in [0, 0.1) is 6.92 Å². The highest BCUT2D eigenvalue weighted by Gasteiger charge is 2.51. The van der Waals surface area contributed by atoms with Gasteiger partial charge in [0.25, 0.3) is 0 Å². The zero-order valence-corrected chi connectivity index (χ0v) is 19.0. The van der Waals surface area contributed by atoms with Gasteiger partial charge in [0, 0.05) is 18.3 Å². The molecule has 2 amide bonds. The Hall–Kier alpha value is -1.93. The SMILES string of the molecule is CCS(=O)(=O)N1CC(=O)N(c2ccccc2C)[C@@](C)(C(=O)NC2CCCCCC2)C1. The van der Waals surface area contributed by atoms with Crippen molar-refractivity contribution in [3.8, 4) is 0 Å². The second-order valence-electron chi connectivity index (χ2n) is 8.62. The maximum atomic E-state index is 13.6. The number of piperazine rings is 1. The first-order valence-electron chi connectivity index (χ1n) is 10.9. The van der Waals surface area contributed by atoms with Crippen LogP contribution in [0.1, 0.15) is 57.9 Å². The number of hydrogen-bond donors (Lipinski definition) is 1. The van der Waals surface area contributed by atoms with Crippen LogP contribution < -0.4 is 10.2 Å². The van der Waals surface area contributed by atoms with Gasteiger partial charge in [-0.05, 0) is 45.2 Å². The molecule has 7 nitrogen and oxygen atoms in total. The van der Waals surface area contributed by atoms with Crippen LogP contribution in [-0.4, -0.2) is 55.0 Å². The predicted molar refractivity (Wildman–Crippen MR) is 118 cm³/mol. The fourth-order valence-corrected chi connectivity index (χ4v) is 5.62. The van der Waals surface area contributed by atoms with Gasteiger partial charge in [0.2, 0.25) is 21.8 Å². The second kappa shape index (κ2) is 9.06. The van der Waals surface area contributed by atoms with Gasteiger partial charge in [-0.2, -0.15) is 4.31 Å². The van der Waals surface area contributed by atoms with Crippen molar-refractivity contribution in [3.05, 3.63) is 29.8 Å². The van der Waals surface area contributed by atoms with Crippen molar-refractivity contribution in [2.45, 2.75) is 70.9 Å². The molecule has 1 aromatic rings. The van der Waals surface area contributed by atoms with Gasteiger partial charge in [0.15, 0.2) is 0 Å². The van der Waals surface area contributed by atoms with E-state index in [4.69, 9.17) is 0 Å². The van der Waals surface area contributed by atoms with Crippen LogP contribution in [0.5, 0.6) is 0 Å². The Morgan fingerprint density at radius 3 is 2.40 bits per heavy atom. The van der Waals surface area contributed by atoms with Gasteiger partial charge >= 0.3 is 0 Å². The van der Waals surface area contributed by atoms with Crippen molar-refractivity contribution >= 4 is 27.5 Å². The average molecular weight is 436 g/mol. The molecular weight excluding hydrogens is 402 g/mol. The number of aryl methyl sites for hydroxylation is 1. The Balaban J connectivity index is 1.99. The third kappa shape index (κ3) is 4.54. The third-order valence-corrected chi connectivity index (χ3v) is 8.11. The fraction of sp³-hybridized carbons (Fsp3) is 0.636. The molecule has 0 unspecified atom stereocenters. The quantitative estimate of drug-likeness (QED) is 0.720. The standard InChI is InChI=1S/C22H33N3O4S/c1-4-30(28,29)24-15-20(26)25(19-14-10-9-11-17(19)2)22(3,16-24)21(27)23-18-12-7-5-6-8-13-18/h9-11,14,18H,4-8,12-13,15-16H2,1-3H3,(H,23,27)/t22-/m1/s1. The Labute approximate surface area is 179 Å². The number of nitrogens with zero attached hydrogens (tertiary/aromatic N) is 2. The molecular formula is C22H33N3O4S. The molecule has 1 heterocycles. The highest BCUT2D eigenvalue weighted by atomic mass is 32.2. The zero-order valence-electron chi connectivity index (χ0n) is 18.2. The van der Waals surface area contributed by atoms with E-state index >= 15 is 0 Å². The van der Waals surface area contributed by atoms with E-state index in [1.54, 1.807) is 13.8 Å². The molecule has 1 aromatic carbocycles. The first-order valence-corrected chi connectivity index (χ1v) is 12.5. The van der Waals surface area contributed by atoms with Crippen molar-refractivity contribution in [3.63, 3.8) is 0 Å². The van der Waals surface area contributed by atoms with Crippen molar-refractivity contribution in [1.29, 1.82) is 0 Å². The van der Waals surface area contributed by atoms with E-state index in [2.05, 4.69) is 5.32 Å². The van der Waals surface area contributed by atoms with Crippen LogP contribution in [0.2, 0.25) is 0 Å². The molecule has 1 N–H and O–H groups in total. The molecule has 1 atom stereocenters. The molecule has 2 aliphatic rings. The minimum absolute atomic E-state index is 0.0538. The Bertz CT molecular complexity index is 893. The number of sulfonamides is 1. The highest BCUT2D eigenvalue weighted by Crippen LogP contribution is 2.33. The van der Waals surface area contributed by atoms with E-state index in [1.807, 2.05) is 31.2 Å². The summed E-state index contributed by atoms with van der Waals surface area (Å²) in [6.45, 7) is 4.82. The van der Waals surface area contributed by atoms with Gasteiger partial charge in [0.05, 0.1) is 12.3 Å². The lowest BCUT2D eigenvalue weighted by molar-refractivity contribution is -0.133. The highest BCUT2D eigenvalue weighted by molar-refractivity contribution is 7.89. The van der Waals surface area contributed by atoms with Crippen LogP contribution in [-0.2, 0) is 19.6 Å². The van der Waals surface area contributed by atoms with Gasteiger partial charge in [0.1, 0.15) is 5.54 Å². The normalized spacial score (nSPS) is 24.5. The monoisotopic (exact) mass is 435 g/mol. The third-order valence-electron chi connectivity index (χ3n) is 6.33. The number of benzene rings is 1. The molecule has 0 aromatic heterocycles. The predicted octanol–water partition coefficient (Wildman–Crippen LogP) is 2.59. The maximum absolute atomic E-state index is 13.6.